The smallest absolute Gasteiger partial charge is 0.149 e. The molecule has 0 aliphatic carbocycles. The molecule has 0 radical (unpaired) electrons. The number of rotatable bonds is 5. The molecule has 0 amide bonds. The van der Waals surface area contributed by atoms with Gasteiger partial charge in [0.05, 0.1) is 7.11 Å². The Morgan fingerprint density at radius 3 is 2.58 bits per heavy atom. The molecule has 1 rings (SSSR count). The second-order valence-corrected chi connectivity index (χ2v) is 5.29. The van der Waals surface area contributed by atoms with Crippen LogP contribution in [0.25, 0.3) is 0 Å². The number of benzene rings is 1. The summed E-state index contributed by atoms with van der Waals surface area (Å²) >= 11 is 0. The highest BCUT2D eigenvalue weighted by molar-refractivity contribution is 5.41. The van der Waals surface area contributed by atoms with Crippen molar-refractivity contribution in [3.8, 4) is 23.3 Å². The maximum Gasteiger partial charge on any atom is 0.149 e. The third-order valence-electron chi connectivity index (χ3n) is 2.56. The van der Waals surface area contributed by atoms with Crippen LogP contribution in [0.1, 0.15) is 33.3 Å². The maximum absolute atomic E-state index is 5.69. The van der Waals surface area contributed by atoms with Crippen molar-refractivity contribution in [2.24, 2.45) is 0 Å². The topological polar surface area (TPSA) is 30.5 Å². The number of ether oxygens (including phenoxy) is 2. The Morgan fingerprint density at radius 1 is 1.26 bits per heavy atom. The molecular formula is C16H23NO2. The quantitative estimate of drug-likeness (QED) is 0.827. The Morgan fingerprint density at radius 2 is 2.00 bits per heavy atom. The van der Waals surface area contributed by atoms with Crippen LogP contribution in [0.2, 0.25) is 0 Å². The fourth-order valence-electron chi connectivity index (χ4n) is 1.49. The molecule has 0 saturated heterocycles. The highest BCUT2D eigenvalue weighted by Gasteiger charge is 2.11. The molecule has 0 spiro atoms. The molecule has 19 heavy (non-hydrogen) atoms. The predicted molar refractivity (Wildman–Crippen MR) is 78.5 cm³/mol. The maximum atomic E-state index is 5.69. The first-order chi connectivity index (χ1) is 8.96. The van der Waals surface area contributed by atoms with E-state index in [1.54, 1.807) is 14.0 Å². The van der Waals surface area contributed by atoms with Crippen LogP contribution in [0.15, 0.2) is 18.2 Å². The number of nitrogens with one attached hydrogen (secondary N) is 1. The SMILES string of the molecule is CC#CCOc1cc(OC)ccc1CNC(C)(C)C. The molecule has 3 heteroatoms. The summed E-state index contributed by atoms with van der Waals surface area (Å²) < 4.78 is 10.9. The third-order valence-corrected chi connectivity index (χ3v) is 2.56. The molecule has 104 valence electrons. The van der Waals surface area contributed by atoms with Gasteiger partial charge in [0.2, 0.25) is 0 Å². The van der Waals surface area contributed by atoms with Gasteiger partial charge in [-0.2, -0.15) is 0 Å². The second kappa shape index (κ2) is 7.06. The van der Waals surface area contributed by atoms with E-state index in [1.807, 2.05) is 18.2 Å². The Labute approximate surface area is 116 Å². The first-order valence-electron chi connectivity index (χ1n) is 6.40. The van der Waals surface area contributed by atoms with Crippen LogP contribution in [0.4, 0.5) is 0 Å². The van der Waals surface area contributed by atoms with Gasteiger partial charge in [0.25, 0.3) is 0 Å². The van der Waals surface area contributed by atoms with Gasteiger partial charge in [-0.25, -0.2) is 0 Å². The van der Waals surface area contributed by atoms with Crippen LogP contribution >= 0.6 is 0 Å². The van der Waals surface area contributed by atoms with Gasteiger partial charge in [-0.05, 0) is 33.8 Å². The van der Waals surface area contributed by atoms with Crippen LogP contribution in [-0.4, -0.2) is 19.3 Å². The van der Waals surface area contributed by atoms with E-state index in [1.165, 1.54) is 0 Å². The zero-order valence-corrected chi connectivity index (χ0v) is 12.5. The largest absolute Gasteiger partial charge is 0.497 e. The van der Waals surface area contributed by atoms with Gasteiger partial charge in [-0.1, -0.05) is 12.0 Å². The van der Waals surface area contributed by atoms with E-state index < -0.39 is 0 Å². The average Bonchev–Trinajstić information content (AvgIpc) is 2.36. The van der Waals surface area contributed by atoms with Gasteiger partial charge < -0.3 is 14.8 Å². The summed E-state index contributed by atoms with van der Waals surface area (Å²) in [5.41, 5.74) is 1.18. The molecule has 0 saturated carbocycles. The van der Waals surface area contributed by atoms with Crippen molar-refractivity contribution in [1.82, 2.24) is 5.32 Å². The number of hydrogen-bond acceptors (Lipinski definition) is 3. The highest BCUT2D eigenvalue weighted by Crippen LogP contribution is 2.25. The molecule has 1 N–H and O–H groups in total. The van der Waals surface area contributed by atoms with E-state index in [9.17, 15) is 0 Å². The minimum absolute atomic E-state index is 0.0699. The Balaban J connectivity index is 2.84. The second-order valence-electron chi connectivity index (χ2n) is 5.29. The van der Waals surface area contributed by atoms with E-state index in [2.05, 4.69) is 37.9 Å². The fraction of sp³-hybridized carbons (Fsp3) is 0.500. The lowest BCUT2D eigenvalue weighted by Crippen LogP contribution is -2.35. The van der Waals surface area contributed by atoms with Crippen LogP contribution < -0.4 is 14.8 Å². The highest BCUT2D eigenvalue weighted by atomic mass is 16.5. The third kappa shape index (κ3) is 5.67. The van der Waals surface area contributed by atoms with Gasteiger partial charge in [0, 0.05) is 23.7 Å². The van der Waals surface area contributed by atoms with Crippen LogP contribution in [-0.2, 0) is 6.54 Å². The van der Waals surface area contributed by atoms with Gasteiger partial charge in [0.1, 0.15) is 18.1 Å². The van der Waals surface area contributed by atoms with E-state index in [-0.39, 0.29) is 5.54 Å². The van der Waals surface area contributed by atoms with E-state index >= 15 is 0 Å². The minimum atomic E-state index is 0.0699. The molecule has 0 heterocycles. The van der Waals surface area contributed by atoms with Crippen molar-refractivity contribution in [2.45, 2.75) is 39.8 Å². The van der Waals surface area contributed by atoms with Crippen molar-refractivity contribution in [3.05, 3.63) is 23.8 Å². The van der Waals surface area contributed by atoms with Crippen molar-refractivity contribution >= 4 is 0 Å². The molecule has 3 nitrogen and oxygen atoms in total. The standard InChI is InChI=1S/C16H23NO2/c1-6-7-10-19-15-11-14(18-5)9-8-13(15)12-17-16(2,3)4/h8-9,11,17H,10,12H2,1-5H3. The van der Waals surface area contributed by atoms with E-state index in [0.29, 0.717) is 6.61 Å². The molecule has 0 aromatic heterocycles. The molecule has 0 atom stereocenters. The van der Waals surface area contributed by atoms with Gasteiger partial charge >= 0.3 is 0 Å². The van der Waals surface area contributed by atoms with Gasteiger partial charge in [-0.3, -0.25) is 0 Å². The normalized spacial score (nSPS) is 10.6. The summed E-state index contributed by atoms with van der Waals surface area (Å²) in [6.45, 7) is 9.37. The van der Waals surface area contributed by atoms with Gasteiger partial charge in [-0.15, -0.1) is 5.92 Å². The molecule has 0 unspecified atom stereocenters. The van der Waals surface area contributed by atoms with Crippen molar-refractivity contribution in [3.63, 3.8) is 0 Å². The summed E-state index contributed by atoms with van der Waals surface area (Å²) in [6.07, 6.45) is 0. The molecular weight excluding hydrogens is 238 g/mol. The van der Waals surface area contributed by atoms with Crippen molar-refractivity contribution < 1.29 is 9.47 Å². The van der Waals surface area contributed by atoms with Crippen LogP contribution in [0.5, 0.6) is 11.5 Å². The number of hydrogen-bond donors (Lipinski definition) is 1. The summed E-state index contributed by atoms with van der Waals surface area (Å²) in [5, 5.41) is 3.45. The summed E-state index contributed by atoms with van der Waals surface area (Å²) in [7, 11) is 1.65. The lowest BCUT2D eigenvalue weighted by atomic mass is 10.1. The lowest BCUT2D eigenvalue weighted by molar-refractivity contribution is 0.353. The summed E-state index contributed by atoms with van der Waals surface area (Å²) in [5.74, 6) is 7.33. The molecule has 0 aliphatic rings. The lowest BCUT2D eigenvalue weighted by Gasteiger charge is -2.21. The summed E-state index contributed by atoms with van der Waals surface area (Å²) in [6, 6.07) is 5.86. The first kappa shape index (κ1) is 15.4. The Kier molecular flexibility index (Phi) is 5.72. The monoisotopic (exact) mass is 261 g/mol. The first-order valence-corrected chi connectivity index (χ1v) is 6.40. The van der Waals surface area contributed by atoms with Crippen molar-refractivity contribution in [1.29, 1.82) is 0 Å². The number of methoxy groups -OCH3 is 1. The van der Waals surface area contributed by atoms with E-state index in [0.717, 1.165) is 23.6 Å². The predicted octanol–water partition coefficient (Wildman–Crippen LogP) is 2.99. The molecule has 1 aromatic rings. The van der Waals surface area contributed by atoms with Crippen molar-refractivity contribution in [2.75, 3.05) is 13.7 Å². The Hall–Kier alpha value is -1.66. The average molecular weight is 261 g/mol. The summed E-state index contributed by atoms with van der Waals surface area (Å²) in [4.78, 5) is 0. The molecule has 0 bridgehead atoms. The van der Waals surface area contributed by atoms with Crippen LogP contribution in [0, 0.1) is 11.8 Å². The fourth-order valence-corrected chi connectivity index (χ4v) is 1.49. The van der Waals surface area contributed by atoms with E-state index in [4.69, 9.17) is 9.47 Å². The zero-order valence-electron chi connectivity index (χ0n) is 12.5. The van der Waals surface area contributed by atoms with Gasteiger partial charge in [0.15, 0.2) is 0 Å². The molecule has 0 fully saturated rings. The zero-order chi connectivity index (χ0) is 14.3. The van der Waals surface area contributed by atoms with Crippen LogP contribution in [0.3, 0.4) is 0 Å². The Bertz CT molecular complexity index is 464. The molecule has 0 aliphatic heterocycles. The molecule has 1 aromatic carbocycles. The minimum Gasteiger partial charge on any atom is -0.497 e.